The molecule has 0 spiro atoms. The fourth-order valence-electron chi connectivity index (χ4n) is 2.23. The number of hydrogen-bond acceptors (Lipinski definition) is 1. The van der Waals surface area contributed by atoms with Crippen molar-refractivity contribution in [2.75, 3.05) is 0 Å². The van der Waals surface area contributed by atoms with Crippen molar-refractivity contribution in [2.24, 2.45) is 0 Å². The Kier molecular flexibility index (Phi) is 4.18. The number of halogens is 1. The van der Waals surface area contributed by atoms with Gasteiger partial charge >= 0.3 is 0 Å². The maximum Gasteiger partial charge on any atom is 0.0455 e. The van der Waals surface area contributed by atoms with E-state index in [1.807, 2.05) is 6.20 Å². The molecule has 0 saturated carbocycles. The van der Waals surface area contributed by atoms with Gasteiger partial charge in [0.1, 0.15) is 0 Å². The van der Waals surface area contributed by atoms with Gasteiger partial charge in [0.25, 0.3) is 0 Å². The molecular formula is C16H18BrN. The molecule has 2 rings (SSSR count). The third-order valence-corrected chi connectivity index (χ3v) is 4.00. The number of hydrogen-bond donors (Lipinski definition) is 0. The Hall–Kier alpha value is -1.15. The van der Waals surface area contributed by atoms with E-state index in [9.17, 15) is 0 Å². The molecular weight excluding hydrogens is 286 g/mol. The van der Waals surface area contributed by atoms with Crippen LogP contribution in [0.4, 0.5) is 0 Å². The Morgan fingerprint density at radius 2 is 1.72 bits per heavy atom. The molecule has 1 aromatic carbocycles. The lowest BCUT2D eigenvalue weighted by molar-refractivity contribution is 0.887. The maximum atomic E-state index is 4.47. The molecule has 0 bridgehead atoms. The number of rotatable bonds is 3. The van der Waals surface area contributed by atoms with E-state index in [1.54, 1.807) is 0 Å². The normalized spacial score (nSPS) is 12.4. The van der Waals surface area contributed by atoms with Gasteiger partial charge in [-0.3, -0.25) is 4.98 Å². The van der Waals surface area contributed by atoms with Gasteiger partial charge in [-0.1, -0.05) is 40.2 Å². The molecule has 1 nitrogen and oxygen atoms in total. The number of alkyl halides is 1. The first-order chi connectivity index (χ1) is 8.58. The highest BCUT2D eigenvalue weighted by Gasteiger charge is 2.13. The Morgan fingerprint density at radius 1 is 1.06 bits per heavy atom. The summed E-state index contributed by atoms with van der Waals surface area (Å²) in [5, 5.41) is 0. The quantitative estimate of drug-likeness (QED) is 0.750. The summed E-state index contributed by atoms with van der Waals surface area (Å²) in [6.45, 7) is 6.40. The van der Waals surface area contributed by atoms with Crippen LogP contribution in [0.15, 0.2) is 36.5 Å². The third-order valence-electron chi connectivity index (χ3n) is 3.22. The summed E-state index contributed by atoms with van der Waals surface area (Å²) in [4.78, 5) is 4.80. The smallest absolute Gasteiger partial charge is 0.0455 e. The summed E-state index contributed by atoms with van der Waals surface area (Å²) >= 11 is 3.80. The third kappa shape index (κ3) is 2.99. The second-order valence-electron chi connectivity index (χ2n) is 4.80. The fourth-order valence-corrected chi connectivity index (χ4v) is 3.28. The van der Waals surface area contributed by atoms with E-state index in [0.717, 1.165) is 12.1 Å². The van der Waals surface area contributed by atoms with E-state index in [0.29, 0.717) is 4.83 Å². The average Bonchev–Trinajstić information content (AvgIpc) is 2.32. The second kappa shape index (κ2) is 5.66. The molecule has 2 aromatic rings. The van der Waals surface area contributed by atoms with Crippen LogP contribution < -0.4 is 0 Å². The van der Waals surface area contributed by atoms with Crippen molar-refractivity contribution in [1.29, 1.82) is 0 Å². The van der Waals surface area contributed by atoms with Gasteiger partial charge in [-0.05, 0) is 49.1 Å². The van der Waals surface area contributed by atoms with E-state index >= 15 is 0 Å². The number of benzene rings is 1. The first-order valence-corrected chi connectivity index (χ1v) is 7.11. The molecule has 1 aromatic heterocycles. The van der Waals surface area contributed by atoms with Crippen LogP contribution in [0.5, 0.6) is 0 Å². The van der Waals surface area contributed by atoms with Crippen molar-refractivity contribution in [1.82, 2.24) is 4.98 Å². The van der Waals surface area contributed by atoms with E-state index in [4.69, 9.17) is 0 Å². The molecule has 0 fully saturated rings. The van der Waals surface area contributed by atoms with Crippen molar-refractivity contribution < 1.29 is 0 Å². The van der Waals surface area contributed by atoms with Crippen molar-refractivity contribution in [3.63, 3.8) is 0 Å². The summed E-state index contributed by atoms with van der Waals surface area (Å²) < 4.78 is 0. The Labute approximate surface area is 117 Å². The zero-order valence-corrected chi connectivity index (χ0v) is 12.7. The highest BCUT2D eigenvalue weighted by molar-refractivity contribution is 9.09. The van der Waals surface area contributed by atoms with Gasteiger partial charge in [-0.25, -0.2) is 0 Å². The monoisotopic (exact) mass is 303 g/mol. The molecule has 94 valence electrons. The van der Waals surface area contributed by atoms with Crippen LogP contribution in [0.3, 0.4) is 0 Å². The highest BCUT2D eigenvalue weighted by Crippen LogP contribution is 2.31. The molecule has 0 aliphatic heterocycles. The average molecular weight is 304 g/mol. The Balaban J connectivity index is 2.22. The van der Waals surface area contributed by atoms with Crippen LogP contribution >= 0.6 is 15.9 Å². The molecule has 0 aliphatic carbocycles. The Morgan fingerprint density at radius 3 is 2.28 bits per heavy atom. The number of nitrogens with zero attached hydrogens (tertiary/aromatic N) is 1. The van der Waals surface area contributed by atoms with Crippen LogP contribution in [0, 0.1) is 20.8 Å². The first-order valence-electron chi connectivity index (χ1n) is 6.19. The van der Waals surface area contributed by atoms with Gasteiger partial charge in [-0.15, -0.1) is 0 Å². The van der Waals surface area contributed by atoms with Gasteiger partial charge in [0.05, 0.1) is 0 Å². The van der Waals surface area contributed by atoms with Crippen LogP contribution in [-0.4, -0.2) is 4.98 Å². The van der Waals surface area contributed by atoms with E-state index < -0.39 is 0 Å². The zero-order chi connectivity index (χ0) is 13.1. The topological polar surface area (TPSA) is 12.9 Å². The summed E-state index contributed by atoms with van der Waals surface area (Å²) in [5.41, 5.74) is 6.40. The molecule has 1 heterocycles. The van der Waals surface area contributed by atoms with Crippen LogP contribution in [-0.2, 0) is 6.42 Å². The van der Waals surface area contributed by atoms with Gasteiger partial charge < -0.3 is 0 Å². The number of pyridine rings is 1. The Bertz CT molecular complexity index is 511. The SMILES string of the molecule is Cc1ccc(CC(Br)c2c(C)cccc2C)nc1. The maximum absolute atomic E-state index is 4.47. The van der Waals surface area contributed by atoms with Gasteiger partial charge in [0, 0.05) is 23.1 Å². The first kappa shape index (κ1) is 13.3. The number of aromatic nitrogens is 1. The highest BCUT2D eigenvalue weighted by atomic mass is 79.9. The molecule has 1 atom stereocenters. The molecule has 0 aliphatic rings. The fraction of sp³-hybridized carbons (Fsp3) is 0.312. The standard InChI is InChI=1S/C16H18BrN/c1-11-7-8-14(18-10-11)9-15(17)16-12(2)5-4-6-13(16)3/h4-8,10,15H,9H2,1-3H3. The molecule has 0 N–H and O–H groups in total. The lowest BCUT2D eigenvalue weighted by atomic mass is 9.97. The second-order valence-corrected chi connectivity index (χ2v) is 5.91. The van der Waals surface area contributed by atoms with Crippen LogP contribution in [0.2, 0.25) is 0 Å². The van der Waals surface area contributed by atoms with Gasteiger partial charge in [0.15, 0.2) is 0 Å². The summed E-state index contributed by atoms with van der Waals surface area (Å²) in [6.07, 6.45) is 2.85. The van der Waals surface area contributed by atoms with E-state index in [-0.39, 0.29) is 0 Å². The summed E-state index contributed by atoms with van der Waals surface area (Å²) in [5.74, 6) is 0. The van der Waals surface area contributed by atoms with E-state index in [1.165, 1.54) is 22.3 Å². The van der Waals surface area contributed by atoms with Crippen molar-refractivity contribution in [2.45, 2.75) is 32.0 Å². The van der Waals surface area contributed by atoms with Crippen molar-refractivity contribution in [3.8, 4) is 0 Å². The molecule has 1 unspecified atom stereocenters. The molecule has 18 heavy (non-hydrogen) atoms. The minimum absolute atomic E-state index is 0.328. The minimum Gasteiger partial charge on any atom is -0.261 e. The predicted octanol–water partition coefficient (Wildman–Crippen LogP) is 4.69. The number of aryl methyl sites for hydroxylation is 3. The molecule has 0 amide bonds. The predicted molar refractivity (Wildman–Crippen MR) is 80.3 cm³/mol. The van der Waals surface area contributed by atoms with Crippen LogP contribution in [0.1, 0.15) is 32.8 Å². The van der Waals surface area contributed by atoms with E-state index in [2.05, 4.69) is 72.0 Å². The summed E-state index contributed by atoms with van der Waals surface area (Å²) in [6, 6.07) is 10.7. The van der Waals surface area contributed by atoms with Gasteiger partial charge in [-0.2, -0.15) is 0 Å². The van der Waals surface area contributed by atoms with Crippen LogP contribution in [0.25, 0.3) is 0 Å². The molecule has 2 heteroatoms. The molecule has 0 radical (unpaired) electrons. The van der Waals surface area contributed by atoms with Crippen molar-refractivity contribution >= 4 is 15.9 Å². The zero-order valence-electron chi connectivity index (χ0n) is 11.1. The summed E-state index contributed by atoms with van der Waals surface area (Å²) in [7, 11) is 0. The van der Waals surface area contributed by atoms with Crippen molar-refractivity contribution in [3.05, 3.63) is 64.5 Å². The minimum atomic E-state index is 0.328. The largest absolute Gasteiger partial charge is 0.261 e. The lowest BCUT2D eigenvalue weighted by Crippen LogP contribution is -2.02. The van der Waals surface area contributed by atoms with Gasteiger partial charge in [0.2, 0.25) is 0 Å². The lowest BCUT2D eigenvalue weighted by Gasteiger charge is -2.15. The molecule has 0 saturated heterocycles.